The van der Waals surface area contributed by atoms with E-state index in [2.05, 4.69) is 10.3 Å². The first-order valence-electron chi connectivity index (χ1n) is 8.21. The van der Waals surface area contributed by atoms with Crippen molar-refractivity contribution in [3.63, 3.8) is 0 Å². The number of fused-ring (bicyclic) bond motifs is 1. The van der Waals surface area contributed by atoms with Crippen LogP contribution in [0.25, 0.3) is 5.65 Å². The number of hydrogen-bond acceptors (Lipinski definition) is 3. The topological polar surface area (TPSA) is 66.7 Å². The van der Waals surface area contributed by atoms with Crippen molar-refractivity contribution in [1.29, 1.82) is 0 Å². The Balaban J connectivity index is 1.63. The Morgan fingerprint density at radius 3 is 2.58 bits per heavy atom. The predicted molar refractivity (Wildman–Crippen MR) is 97.8 cm³/mol. The molecule has 0 saturated carbocycles. The fourth-order valence-corrected chi connectivity index (χ4v) is 3.35. The van der Waals surface area contributed by atoms with Crippen molar-refractivity contribution >= 4 is 29.2 Å². The molecule has 26 heavy (non-hydrogen) atoms. The van der Waals surface area contributed by atoms with E-state index in [0.29, 0.717) is 16.4 Å². The molecular formula is C19H17ClN4O2. The summed E-state index contributed by atoms with van der Waals surface area (Å²) in [7, 11) is 0. The summed E-state index contributed by atoms with van der Waals surface area (Å²) in [5.74, 6) is -0.290. The number of rotatable bonds is 3. The third-order valence-electron chi connectivity index (χ3n) is 4.69. The molecule has 0 aliphatic carbocycles. The highest BCUT2D eigenvalue weighted by Crippen LogP contribution is 2.30. The number of hydrogen-bond donors (Lipinski definition) is 1. The molecule has 0 bridgehead atoms. The Labute approximate surface area is 155 Å². The lowest BCUT2D eigenvalue weighted by Gasteiger charge is -2.22. The Hall–Kier alpha value is -2.86. The molecule has 2 aromatic heterocycles. The lowest BCUT2D eigenvalue weighted by Crippen LogP contribution is -2.40. The molecule has 1 atom stereocenters. The second-order valence-corrected chi connectivity index (χ2v) is 7.09. The number of pyridine rings is 1. The summed E-state index contributed by atoms with van der Waals surface area (Å²) in [5.41, 5.74) is 2.09. The lowest BCUT2D eigenvalue weighted by molar-refractivity contribution is -0.131. The first kappa shape index (κ1) is 16.6. The summed E-state index contributed by atoms with van der Waals surface area (Å²) < 4.78 is 1.77. The maximum atomic E-state index is 13.0. The number of amides is 3. The number of nitrogens with zero attached hydrogens (tertiary/aromatic N) is 3. The highest BCUT2D eigenvalue weighted by atomic mass is 35.5. The second kappa shape index (κ2) is 5.85. The van der Waals surface area contributed by atoms with Crippen LogP contribution in [0.3, 0.4) is 0 Å². The maximum absolute atomic E-state index is 13.0. The molecule has 4 rings (SSSR count). The highest BCUT2D eigenvalue weighted by Gasteiger charge is 2.49. The maximum Gasteiger partial charge on any atom is 0.325 e. The molecular weight excluding hydrogens is 352 g/mol. The first-order chi connectivity index (χ1) is 12.4. The van der Waals surface area contributed by atoms with E-state index in [4.69, 9.17) is 11.6 Å². The van der Waals surface area contributed by atoms with E-state index in [0.717, 1.165) is 11.1 Å². The molecule has 1 aromatic carbocycles. The molecule has 1 aliphatic rings. The van der Waals surface area contributed by atoms with Crippen molar-refractivity contribution in [3.05, 3.63) is 70.6 Å². The summed E-state index contributed by atoms with van der Waals surface area (Å²) in [6.45, 7) is 3.80. The van der Waals surface area contributed by atoms with Crippen LogP contribution >= 0.6 is 11.6 Å². The minimum atomic E-state index is -1.08. The molecule has 0 radical (unpaired) electrons. The van der Waals surface area contributed by atoms with E-state index in [-0.39, 0.29) is 12.5 Å². The van der Waals surface area contributed by atoms with Crippen LogP contribution in [0.2, 0.25) is 5.02 Å². The molecule has 7 heteroatoms. The number of urea groups is 1. The number of aromatic nitrogens is 2. The van der Waals surface area contributed by atoms with Gasteiger partial charge in [-0.25, -0.2) is 9.78 Å². The normalized spacial score (nSPS) is 20.0. The van der Waals surface area contributed by atoms with Gasteiger partial charge in [-0.2, -0.15) is 0 Å². The van der Waals surface area contributed by atoms with E-state index in [9.17, 15) is 9.59 Å². The van der Waals surface area contributed by atoms with Gasteiger partial charge in [-0.15, -0.1) is 0 Å². The van der Waals surface area contributed by atoms with Gasteiger partial charge in [0.05, 0.1) is 17.3 Å². The van der Waals surface area contributed by atoms with Gasteiger partial charge in [-0.1, -0.05) is 41.4 Å². The highest BCUT2D eigenvalue weighted by molar-refractivity contribution is 6.30. The first-order valence-corrected chi connectivity index (χ1v) is 8.59. The Morgan fingerprint density at radius 1 is 1.12 bits per heavy atom. The van der Waals surface area contributed by atoms with E-state index in [1.54, 1.807) is 35.9 Å². The zero-order valence-electron chi connectivity index (χ0n) is 14.4. The molecule has 1 saturated heterocycles. The number of imide groups is 1. The zero-order valence-corrected chi connectivity index (χ0v) is 15.1. The van der Waals surface area contributed by atoms with Gasteiger partial charge in [0.1, 0.15) is 11.2 Å². The van der Waals surface area contributed by atoms with Crippen molar-refractivity contribution in [3.8, 4) is 0 Å². The van der Waals surface area contributed by atoms with Crippen LogP contribution in [0.4, 0.5) is 4.79 Å². The average Bonchev–Trinajstić information content (AvgIpc) is 3.09. The number of nitrogens with one attached hydrogen (secondary N) is 1. The van der Waals surface area contributed by atoms with Gasteiger partial charge in [0, 0.05) is 12.4 Å². The van der Waals surface area contributed by atoms with Crippen LogP contribution in [0.1, 0.15) is 23.7 Å². The van der Waals surface area contributed by atoms with Gasteiger partial charge in [0.2, 0.25) is 0 Å². The van der Waals surface area contributed by atoms with Crippen LogP contribution < -0.4 is 5.32 Å². The molecule has 1 fully saturated rings. The van der Waals surface area contributed by atoms with Crippen molar-refractivity contribution in [2.24, 2.45) is 0 Å². The Morgan fingerprint density at radius 2 is 1.85 bits per heavy atom. The van der Waals surface area contributed by atoms with E-state index >= 15 is 0 Å². The van der Waals surface area contributed by atoms with Crippen molar-refractivity contribution < 1.29 is 9.59 Å². The third kappa shape index (κ3) is 2.63. The summed E-state index contributed by atoms with van der Waals surface area (Å²) >= 11 is 5.98. The van der Waals surface area contributed by atoms with Crippen LogP contribution in [0, 0.1) is 6.92 Å². The smallest absolute Gasteiger partial charge is 0.319 e. The van der Waals surface area contributed by atoms with E-state index < -0.39 is 11.6 Å². The van der Waals surface area contributed by atoms with Crippen molar-refractivity contribution in [2.45, 2.75) is 25.9 Å². The monoisotopic (exact) mass is 368 g/mol. The molecule has 0 unspecified atom stereocenters. The van der Waals surface area contributed by atoms with Gasteiger partial charge in [0.15, 0.2) is 0 Å². The number of aryl methyl sites for hydroxylation is 1. The number of halogens is 1. The standard InChI is InChI=1S/C19H17ClN4O2/c1-12-3-5-13(6-4-12)19(2)17(25)24(18(26)22-19)11-15-10-23-9-14(20)7-8-16(23)21-15/h3-10H,11H2,1-2H3,(H,22,26)/t19-/m0/s1. The fraction of sp³-hybridized carbons (Fsp3) is 0.211. The predicted octanol–water partition coefficient (Wildman–Crippen LogP) is 3.26. The molecule has 1 N–H and O–H groups in total. The van der Waals surface area contributed by atoms with Crippen LogP contribution in [-0.4, -0.2) is 26.2 Å². The number of carbonyl (C=O) groups excluding carboxylic acids is 2. The van der Waals surface area contributed by atoms with E-state index in [1.807, 2.05) is 31.2 Å². The Kier molecular flexibility index (Phi) is 3.73. The molecule has 1 aliphatic heterocycles. The number of carbonyl (C=O) groups is 2. The molecule has 3 amide bonds. The SMILES string of the molecule is Cc1ccc([C@]2(C)NC(=O)N(Cc3cn4cc(Cl)ccc4n3)C2=O)cc1. The molecule has 6 nitrogen and oxygen atoms in total. The van der Waals surface area contributed by atoms with Gasteiger partial charge in [0.25, 0.3) is 5.91 Å². The summed E-state index contributed by atoms with van der Waals surface area (Å²) in [6.07, 6.45) is 3.50. The number of benzene rings is 1. The van der Waals surface area contributed by atoms with Gasteiger partial charge in [-0.3, -0.25) is 9.69 Å². The van der Waals surface area contributed by atoms with Gasteiger partial charge < -0.3 is 9.72 Å². The number of imidazole rings is 1. The van der Waals surface area contributed by atoms with Crippen molar-refractivity contribution in [1.82, 2.24) is 19.6 Å². The molecule has 132 valence electrons. The summed E-state index contributed by atoms with van der Waals surface area (Å²) in [6, 6.07) is 10.7. The largest absolute Gasteiger partial charge is 0.325 e. The van der Waals surface area contributed by atoms with Gasteiger partial charge in [-0.05, 0) is 31.5 Å². The summed E-state index contributed by atoms with van der Waals surface area (Å²) in [4.78, 5) is 31.1. The minimum absolute atomic E-state index is 0.103. The quantitative estimate of drug-likeness (QED) is 0.721. The van der Waals surface area contributed by atoms with Crippen LogP contribution in [-0.2, 0) is 16.9 Å². The second-order valence-electron chi connectivity index (χ2n) is 6.66. The zero-order chi connectivity index (χ0) is 18.5. The fourth-order valence-electron chi connectivity index (χ4n) is 3.18. The summed E-state index contributed by atoms with van der Waals surface area (Å²) in [5, 5.41) is 3.40. The van der Waals surface area contributed by atoms with E-state index in [1.165, 1.54) is 4.90 Å². The molecule has 3 heterocycles. The van der Waals surface area contributed by atoms with Crippen LogP contribution in [0.5, 0.6) is 0 Å². The third-order valence-corrected chi connectivity index (χ3v) is 4.91. The van der Waals surface area contributed by atoms with Crippen LogP contribution in [0.15, 0.2) is 48.8 Å². The minimum Gasteiger partial charge on any atom is -0.319 e. The molecule has 0 spiro atoms. The molecule has 3 aromatic rings. The van der Waals surface area contributed by atoms with Gasteiger partial charge >= 0.3 is 6.03 Å². The average molecular weight is 369 g/mol. The lowest BCUT2D eigenvalue weighted by atomic mass is 9.91. The van der Waals surface area contributed by atoms with Crippen molar-refractivity contribution in [2.75, 3.05) is 0 Å². The Bertz CT molecular complexity index is 1030.